The fourth-order valence-corrected chi connectivity index (χ4v) is 12.4. The Balaban J connectivity index is 0.000000203. The molecule has 3 heterocycles. The summed E-state index contributed by atoms with van der Waals surface area (Å²) < 4.78 is 242. The fraction of sp³-hybridized carbons (Fsp3) is 0.250. The van der Waals surface area contributed by atoms with Crippen LogP contribution in [0.4, 0.5) is 69.7 Å². The summed E-state index contributed by atoms with van der Waals surface area (Å²) in [5, 5.41) is 6.57. The van der Waals surface area contributed by atoms with Crippen molar-refractivity contribution in [1.29, 1.82) is 0 Å². The highest BCUT2D eigenvalue weighted by molar-refractivity contribution is 7.87. The van der Waals surface area contributed by atoms with Crippen LogP contribution >= 0.6 is 0 Å². The van der Waals surface area contributed by atoms with E-state index in [9.17, 15) is 92.3 Å². The van der Waals surface area contributed by atoms with Crippen LogP contribution in [0.5, 0.6) is 0 Å². The molecule has 0 spiro atoms. The van der Waals surface area contributed by atoms with Gasteiger partial charge in [0.2, 0.25) is 17.7 Å². The number of rotatable bonds is 9. The Morgan fingerprint density at radius 2 is 0.565 bits per heavy atom. The maximum atomic E-state index is 13.3. The zero-order valence-electron chi connectivity index (χ0n) is 43.3. The number of halogens is 12. The van der Waals surface area contributed by atoms with Crippen molar-refractivity contribution in [3.05, 3.63) is 196 Å². The van der Waals surface area contributed by atoms with Crippen LogP contribution in [0.3, 0.4) is 0 Å². The Morgan fingerprint density at radius 1 is 0.376 bits per heavy atom. The molecule has 0 bridgehead atoms. The second kappa shape index (κ2) is 26.8. The van der Waals surface area contributed by atoms with E-state index in [-0.39, 0.29) is 43.8 Å². The molecule has 2 unspecified atom stereocenters. The van der Waals surface area contributed by atoms with Crippen molar-refractivity contribution in [2.24, 2.45) is 0 Å². The molecule has 0 aromatic heterocycles. The number of benzene rings is 6. The number of nitrogens with one attached hydrogen (secondary N) is 6. The van der Waals surface area contributed by atoms with Crippen molar-refractivity contribution in [2.45, 2.75) is 62.9 Å². The molecule has 3 aliphatic heterocycles. The molecule has 6 N–H and O–H groups in total. The van der Waals surface area contributed by atoms with Gasteiger partial charge in [0.15, 0.2) is 52.4 Å². The molecule has 18 nitrogen and oxygen atoms in total. The monoisotopic (exact) mass is 1270 g/mol. The van der Waals surface area contributed by atoms with Gasteiger partial charge in [-0.1, -0.05) is 43.8 Å². The van der Waals surface area contributed by atoms with Gasteiger partial charge in [-0.25, -0.2) is 52.7 Å². The van der Waals surface area contributed by atoms with Crippen LogP contribution in [-0.2, 0) is 45.0 Å². The third-order valence-corrected chi connectivity index (χ3v) is 18.0. The highest BCUT2D eigenvalue weighted by atomic mass is 32.2. The van der Waals surface area contributed by atoms with Crippen molar-refractivity contribution < 1.29 is 92.3 Å². The number of nitrogens with zero attached hydrogens (tertiary/aromatic N) is 3. The molecule has 3 fully saturated rings. The topological polar surface area (TPSA) is 236 Å². The van der Waals surface area contributed by atoms with Crippen LogP contribution in [0.2, 0.25) is 0 Å². The Bertz CT molecular complexity index is 3370. The second-order valence-electron chi connectivity index (χ2n) is 18.7. The maximum absolute atomic E-state index is 13.3. The fourth-order valence-electron chi connectivity index (χ4n) is 8.62. The van der Waals surface area contributed by atoms with Crippen LogP contribution in [0, 0.1) is 69.8 Å². The van der Waals surface area contributed by atoms with Crippen LogP contribution in [0.15, 0.2) is 109 Å². The predicted molar refractivity (Wildman–Crippen MR) is 284 cm³/mol. The van der Waals surface area contributed by atoms with E-state index in [0.717, 1.165) is 49.3 Å². The minimum Gasteiger partial charge on any atom is -0.324 e. The number of carbonyl (C=O) groups is 3. The number of likely N-dealkylation sites (N-methyl/N-ethyl adjacent to an activating group) is 3. The lowest BCUT2D eigenvalue weighted by molar-refractivity contribution is -0.120. The first-order chi connectivity index (χ1) is 39.2. The molecule has 33 heteroatoms. The SMILES string of the molecule is C.CN1C(C(=O)Nc2cc(F)c(F)c(F)c2)CC(c2ccc(F)cc2)NS1(=O)=O.CN1[C@@H](C(=O)Nc2cc(F)c(F)c(F)c2)C[C@@H](c2ccc(F)cc2)NS1(=O)=O.CN1[C@H](C(=O)Nc2cc(F)c(F)c(F)c2)C[C@H](c2ccc(F)cc2)NS1(=O)=O. The van der Waals surface area contributed by atoms with Gasteiger partial charge in [0, 0.05) is 92.7 Å². The van der Waals surface area contributed by atoms with E-state index in [1.165, 1.54) is 57.5 Å². The molecule has 85 heavy (non-hydrogen) atoms. The molecule has 3 saturated heterocycles. The van der Waals surface area contributed by atoms with Gasteiger partial charge in [-0.15, -0.1) is 0 Å². The predicted octanol–water partition coefficient (Wildman–Crippen LogP) is 8.02. The highest BCUT2D eigenvalue weighted by Crippen LogP contribution is 2.33. The van der Waals surface area contributed by atoms with Gasteiger partial charge in [0.05, 0.1) is 0 Å². The van der Waals surface area contributed by atoms with Gasteiger partial charge in [0.25, 0.3) is 30.6 Å². The van der Waals surface area contributed by atoms with E-state index >= 15 is 0 Å². The molecule has 3 amide bonds. The van der Waals surface area contributed by atoms with Crippen molar-refractivity contribution in [2.75, 3.05) is 37.1 Å². The molecular weight excluding hydrogens is 1220 g/mol. The Morgan fingerprint density at radius 3 is 0.753 bits per heavy atom. The summed E-state index contributed by atoms with van der Waals surface area (Å²) in [5.74, 6) is -18.1. The van der Waals surface area contributed by atoms with E-state index in [2.05, 4.69) is 30.1 Å². The molecule has 6 atom stereocenters. The lowest BCUT2D eigenvalue weighted by Gasteiger charge is -2.36. The van der Waals surface area contributed by atoms with Crippen molar-refractivity contribution in [1.82, 2.24) is 27.1 Å². The standard InChI is InChI=1S/3C17H15F4N3O3S.CH4/c3*1-24-15(17(25)22-11-6-12(19)16(21)13(20)7-11)8-14(23-28(24,26)27)9-2-4-10(18)5-3-9;/h3*2-7,14-15,23H,8H2,1H3,(H,22,25);1H4/t2*14-,15+;;/m10../s1. The van der Waals surface area contributed by atoms with Gasteiger partial charge < -0.3 is 16.0 Å². The minimum atomic E-state index is -4.06. The molecule has 0 saturated carbocycles. The van der Waals surface area contributed by atoms with E-state index in [4.69, 9.17) is 0 Å². The van der Waals surface area contributed by atoms with E-state index in [0.29, 0.717) is 53.1 Å². The van der Waals surface area contributed by atoms with Crippen LogP contribution in [0.25, 0.3) is 0 Å². The first kappa shape index (κ1) is 66.6. The first-order valence-corrected chi connectivity index (χ1v) is 28.5. The van der Waals surface area contributed by atoms with E-state index < -0.39 is 154 Å². The average molecular weight is 1270 g/mol. The van der Waals surface area contributed by atoms with E-state index in [1.54, 1.807) is 0 Å². The number of hydrogen-bond donors (Lipinski definition) is 6. The molecule has 0 aliphatic carbocycles. The largest absolute Gasteiger partial charge is 0.324 e. The maximum Gasteiger partial charge on any atom is 0.280 e. The van der Waals surface area contributed by atoms with Crippen LogP contribution < -0.4 is 30.1 Å². The van der Waals surface area contributed by atoms with Gasteiger partial charge in [-0.3, -0.25) is 14.4 Å². The molecule has 9 rings (SSSR count). The third-order valence-electron chi connectivity index (χ3n) is 13.2. The van der Waals surface area contributed by atoms with Crippen molar-refractivity contribution in [3.63, 3.8) is 0 Å². The minimum absolute atomic E-state index is 0. The zero-order chi connectivity index (χ0) is 61.9. The zero-order valence-corrected chi connectivity index (χ0v) is 45.7. The normalized spacial score (nSPS) is 21.8. The molecule has 6 aromatic carbocycles. The second-order valence-corrected chi connectivity index (χ2v) is 24.0. The van der Waals surface area contributed by atoms with Gasteiger partial charge in [0.1, 0.15) is 35.6 Å². The number of hydrogen-bond acceptors (Lipinski definition) is 9. The number of anilines is 3. The van der Waals surface area contributed by atoms with Gasteiger partial charge in [-0.2, -0.15) is 52.3 Å². The Kier molecular flexibility index (Phi) is 21.0. The quantitative estimate of drug-likeness (QED) is 0.0607. The third kappa shape index (κ3) is 15.9. The summed E-state index contributed by atoms with van der Waals surface area (Å²) in [6.45, 7) is 0. The summed E-state index contributed by atoms with van der Waals surface area (Å²) in [7, 11) is -8.68. The lowest BCUT2D eigenvalue weighted by atomic mass is 9.99. The lowest BCUT2D eigenvalue weighted by Crippen LogP contribution is -2.55. The van der Waals surface area contributed by atoms with E-state index in [1.807, 2.05) is 0 Å². The van der Waals surface area contributed by atoms with Crippen molar-refractivity contribution >= 4 is 65.4 Å². The average Bonchev–Trinajstić information content (AvgIpc) is 1.82. The molecule has 458 valence electrons. The number of amides is 3. The molecule has 6 aromatic rings. The van der Waals surface area contributed by atoms with Crippen LogP contribution in [0.1, 0.15) is 61.5 Å². The molecule has 0 radical (unpaired) electrons. The van der Waals surface area contributed by atoms with Crippen molar-refractivity contribution in [3.8, 4) is 0 Å². The summed E-state index contributed by atoms with van der Waals surface area (Å²) >= 11 is 0. The highest BCUT2D eigenvalue weighted by Gasteiger charge is 2.43. The molecule has 3 aliphatic rings. The van der Waals surface area contributed by atoms with Gasteiger partial charge >= 0.3 is 0 Å². The smallest absolute Gasteiger partial charge is 0.280 e. The Hall–Kier alpha value is -7.50. The summed E-state index contributed by atoms with van der Waals surface area (Å²) in [6, 6.07) is 12.6. The summed E-state index contributed by atoms with van der Waals surface area (Å²) in [5.41, 5.74) is 0.247. The first-order valence-electron chi connectivity index (χ1n) is 24.1. The number of carbonyl (C=O) groups excluding carboxylic acids is 3. The summed E-state index contributed by atoms with van der Waals surface area (Å²) in [6.07, 6.45) is -0.0853. The van der Waals surface area contributed by atoms with Crippen LogP contribution in [-0.4, -0.2) is 95.2 Å². The summed E-state index contributed by atoms with van der Waals surface area (Å²) in [4.78, 5) is 37.7. The van der Waals surface area contributed by atoms with Gasteiger partial charge in [-0.05, 0) is 72.4 Å². The Labute approximate surface area is 478 Å². The molecular formula is C52H49F12N9O9S3.